The van der Waals surface area contributed by atoms with E-state index in [4.69, 9.17) is 9.47 Å². The molecule has 5 nitrogen and oxygen atoms in total. The Bertz CT molecular complexity index is 664. The van der Waals surface area contributed by atoms with Crippen LogP contribution in [-0.4, -0.2) is 44.2 Å². The molecule has 0 bridgehead atoms. The SMILES string of the molecule is COc1ccc(OC)c2c(O)cc(C(=O)N(C)C)cc12. The highest BCUT2D eigenvalue weighted by atomic mass is 16.5. The van der Waals surface area contributed by atoms with Crippen molar-refractivity contribution in [1.29, 1.82) is 0 Å². The molecule has 5 heteroatoms. The third-order valence-electron chi connectivity index (χ3n) is 3.11. The fourth-order valence-electron chi connectivity index (χ4n) is 2.13. The Hall–Kier alpha value is -2.43. The van der Waals surface area contributed by atoms with Crippen molar-refractivity contribution in [2.24, 2.45) is 0 Å². The Kier molecular flexibility index (Phi) is 3.70. The van der Waals surface area contributed by atoms with Crippen molar-refractivity contribution in [1.82, 2.24) is 4.90 Å². The number of rotatable bonds is 3. The van der Waals surface area contributed by atoms with Gasteiger partial charge in [-0.05, 0) is 24.3 Å². The van der Waals surface area contributed by atoms with E-state index in [1.54, 1.807) is 39.4 Å². The maximum Gasteiger partial charge on any atom is 0.253 e. The van der Waals surface area contributed by atoms with Crippen LogP contribution < -0.4 is 9.47 Å². The Morgan fingerprint density at radius 1 is 1.10 bits per heavy atom. The molecule has 1 amide bonds. The van der Waals surface area contributed by atoms with Gasteiger partial charge in [0.2, 0.25) is 0 Å². The van der Waals surface area contributed by atoms with E-state index < -0.39 is 0 Å². The van der Waals surface area contributed by atoms with Crippen LogP contribution in [0.15, 0.2) is 24.3 Å². The van der Waals surface area contributed by atoms with E-state index in [9.17, 15) is 9.90 Å². The molecule has 0 saturated heterocycles. The number of nitrogens with zero attached hydrogens (tertiary/aromatic N) is 1. The van der Waals surface area contributed by atoms with Crippen LogP contribution in [-0.2, 0) is 0 Å². The molecule has 106 valence electrons. The van der Waals surface area contributed by atoms with E-state index in [2.05, 4.69) is 0 Å². The van der Waals surface area contributed by atoms with Gasteiger partial charge in [0, 0.05) is 25.0 Å². The first-order chi connectivity index (χ1) is 9.49. The van der Waals surface area contributed by atoms with Crippen LogP contribution in [0.3, 0.4) is 0 Å². The molecule has 2 aromatic rings. The van der Waals surface area contributed by atoms with Crippen LogP contribution in [0, 0.1) is 0 Å². The summed E-state index contributed by atoms with van der Waals surface area (Å²) >= 11 is 0. The predicted molar refractivity (Wildman–Crippen MR) is 76.7 cm³/mol. The van der Waals surface area contributed by atoms with Gasteiger partial charge in [0.1, 0.15) is 17.2 Å². The summed E-state index contributed by atoms with van der Waals surface area (Å²) in [6, 6.07) is 6.59. The lowest BCUT2D eigenvalue weighted by molar-refractivity contribution is 0.0827. The van der Waals surface area contributed by atoms with Gasteiger partial charge < -0.3 is 19.5 Å². The Labute approximate surface area is 117 Å². The molecule has 0 spiro atoms. The number of phenols is 1. The van der Waals surface area contributed by atoms with Crippen molar-refractivity contribution in [3.05, 3.63) is 29.8 Å². The fourth-order valence-corrected chi connectivity index (χ4v) is 2.13. The van der Waals surface area contributed by atoms with Crippen LogP contribution in [0.4, 0.5) is 0 Å². The van der Waals surface area contributed by atoms with E-state index in [0.717, 1.165) is 0 Å². The van der Waals surface area contributed by atoms with Crippen molar-refractivity contribution in [3.63, 3.8) is 0 Å². The molecule has 0 radical (unpaired) electrons. The van der Waals surface area contributed by atoms with Gasteiger partial charge in [-0.2, -0.15) is 0 Å². The second-order valence-corrected chi connectivity index (χ2v) is 4.59. The van der Waals surface area contributed by atoms with Crippen molar-refractivity contribution in [2.45, 2.75) is 0 Å². The lowest BCUT2D eigenvalue weighted by atomic mass is 10.0. The molecular weight excluding hydrogens is 258 g/mol. The molecule has 0 aliphatic carbocycles. The highest BCUT2D eigenvalue weighted by Gasteiger charge is 2.16. The summed E-state index contributed by atoms with van der Waals surface area (Å²) in [6.07, 6.45) is 0. The van der Waals surface area contributed by atoms with Gasteiger partial charge in [-0.15, -0.1) is 0 Å². The van der Waals surface area contributed by atoms with Gasteiger partial charge in [0.15, 0.2) is 0 Å². The Balaban J connectivity index is 2.78. The summed E-state index contributed by atoms with van der Waals surface area (Å²) in [7, 11) is 6.39. The van der Waals surface area contributed by atoms with E-state index in [1.807, 2.05) is 0 Å². The third-order valence-corrected chi connectivity index (χ3v) is 3.11. The number of ether oxygens (including phenoxy) is 2. The van der Waals surface area contributed by atoms with Crippen molar-refractivity contribution >= 4 is 16.7 Å². The maximum atomic E-state index is 12.0. The van der Waals surface area contributed by atoms with E-state index in [-0.39, 0.29) is 11.7 Å². The van der Waals surface area contributed by atoms with Gasteiger partial charge in [-0.3, -0.25) is 4.79 Å². The molecule has 0 heterocycles. The lowest BCUT2D eigenvalue weighted by Crippen LogP contribution is -2.21. The molecule has 20 heavy (non-hydrogen) atoms. The first-order valence-electron chi connectivity index (χ1n) is 6.09. The highest BCUT2D eigenvalue weighted by Crippen LogP contribution is 2.39. The summed E-state index contributed by atoms with van der Waals surface area (Å²) < 4.78 is 10.5. The molecule has 0 aliphatic rings. The van der Waals surface area contributed by atoms with Gasteiger partial charge in [-0.1, -0.05) is 0 Å². The molecule has 0 aromatic heterocycles. The molecule has 0 saturated carbocycles. The van der Waals surface area contributed by atoms with E-state index in [1.165, 1.54) is 18.1 Å². The molecule has 0 atom stereocenters. The summed E-state index contributed by atoms with van der Waals surface area (Å²) in [5.41, 5.74) is 0.395. The van der Waals surface area contributed by atoms with Crippen LogP contribution in [0.25, 0.3) is 10.8 Å². The monoisotopic (exact) mass is 275 g/mol. The van der Waals surface area contributed by atoms with Crippen LogP contribution in [0.1, 0.15) is 10.4 Å². The number of hydrogen-bond acceptors (Lipinski definition) is 4. The topological polar surface area (TPSA) is 59.0 Å². The summed E-state index contributed by atoms with van der Waals surface area (Å²) in [4.78, 5) is 13.5. The minimum Gasteiger partial charge on any atom is -0.507 e. The largest absolute Gasteiger partial charge is 0.507 e. The average molecular weight is 275 g/mol. The van der Waals surface area contributed by atoms with Crippen molar-refractivity contribution < 1.29 is 19.4 Å². The Morgan fingerprint density at radius 2 is 1.70 bits per heavy atom. The zero-order valence-corrected chi connectivity index (χ0v) is 11.9. The number of amides is 1. The van der Waals surface area contributed by atoms with Gasteiger partial charge in [0.25, 0.3) is 5.91 Å². The normalized spacial score (nSPS) is 10.4. The number of carbonyl (C=O) groups is 1. The number of phenolic OH excluding ortho intramolecular Hbond substituents is 1. The number of carbonyl (C=O) groups excluding carboxylic acids is 1. The molecule has 0 fully saturated rings. The first-order valence-corrected chi connectivity index (χ1v) is 6.09. The van der Waals surface area contributed by atoms with Crippen molar-refractivity contribution in [2.75, 3.05) is 28.3 Å². The van der Waals surface area contributed by atoms with Crippen LogP contribution >= 0.6 is 0 Å². The third kappa shape index (κ3) is 2.22. The lowest BCUT2D eigenvalue weighted by Gasteiger charge is -2.15. The summed E-state index contributed by atoms with van der Waals surface area (Å²) in [5.74, 6) is 0.905. The van der Waals surface area contributed by atoms with E-state index >= 15 is 0 Å². The van der Waals surface area contributed by atoms with Gasteiger partial charge >= 0.3 is 0 Å². The second kappa shape index (κ2) is 5.28. The van der Waals surface area contributed by atoms with Gasteiger partial charge in [0.05, 0.1) is 19.6 Å². The van der Waals surface area contributed by atoms with Crippen molar-refractivity contribution in [3.8, 4) is 17.2 Å². The van der Waals surface area contributed by atoms with E-state index in [0.29, 0.717) is 27.8 Å². The number of hydrogen-bond donors (Lipinski definition) is 1. The highest BCUT2D eigenvalue weighted by molar-refractivity contribution is 6.04. The maximum absolute atomic E-state index is 12.0. The number of methoxy groups -OCH3 is 2. The molecular formula is C15H17NO4. The summed E-state index contributed by atoms with van der Waals surface area (Å²) in [6.45, 7) is 0. The molecule has 0 unspecified atom stereocenters. The summed E-state index contributed by atoms with van der Waals surface area (Å²) in [5, 5.41) is 11.4. The van der Waals surface area contributed by atoms with Crippen LogP contribution in [0.2, 0.25) is 0 Å². The molecule has 2 rings (SSSR count). The second-order valence-electron chi connectivity index (χ2n) is 4.59. The minimum atomic E-state index is -0.188. The Morgan fingerprint density at radius 3 is 2.25 bits per heavy atom. The molecule has 2 aromatic carbocycles. The zero-order valence-electron chi connectivity index (χ0n) is 11.9. The van der Waals surface area contributed by atoms with Gasteiger partial charge in [-0.25, -0.2) is 0 Å². The number of aromatic hydroxyl groups is 1. The smallest absolute Gasteiger partial charge is 0.253 e. The molecule has 1 N–H and O–H groups in total. The van der Waals surface area contributed by atoms with Crippen LogP contribution in [0.5, 0.6) is 17.2 Å². The average Bonchev–Trinajstić information content (AvgIpc) is 2.44. The standard InChI is InChI=1S/C15H17NO4/c1-16(2)15(18)9-7-10-12(19-3)5-6-13(20-4)14(10)11(17)8-9/h5-8,17H,1-4H3. The molecule has 0 aliphatic heterocycles. The minimum absolute atomic E-state index is 0.0107. The fraction of sp³-hybridized carbons (Fsp3) is 0.267. The zero-order chi connectivity index (χ0) is 14.9. The number of fused-ring (bicyclic) bond motifs is 1. The number of benzene rings is 2. The quantitative estimate of drug-likeness (QED) is 0.933. The predicted octanol–water partition coefficient (Wildman–Crippen LogP) is 2.26. The first kappa shape index (κ1) is 14.0.